The summed E-state index contributed by atoms with van der Waals surface area (Å²) in [6, 6.07) is 0. The Morgan fingerprint density at radius 2 is 1.72 bits per heavy atom. The topological polar surface area (TPSA) is 84.2 Å². The molecule has 6 nitrogen and oxygen atoms in total. The first-order valence-electron chi connectivity index (χ1n) is 15.2. The van der Waals surface area contributed by atoms with Crippen LogP contribution in [0.15, 0.2) is 0 Å². The Labute approximate surface area is 218 Å². The average Bonchev–Trinajstić information content (AvgIpc) is 3.23. The van der Waals surface area contributed by atoms with Crippen LogP contribution in [0.2, 0.25) is 0 Å². The van der Waals surface area contributed by atoms with Gasteiger partial charge in [0.05, 0.1) is 18.8 Å². The summed E-state index contributed by atoms with van der Waals surface area (Å²) >= 11 is 0. The Kier molecular flexibility index (Phi) is 7.82. The Morgan fingerprint density at radius 3 is 2.44 bits per heavy atom. The zero-order valence-corrected chi connectivity index (χ0v) is 23.1. The van der Waals surface area contributed by atoms with Crippen molar-refractivity contribution in [3.8, 4) is 0 Å². The number of carbonyl (C=O) groups excluding carboxylic acids is 1. The minimum Gasteiger partial charge on any atom is -0.395 e. The molecule has 6 heteroatoms. The number of hydrogen-bond acceptors (Lipinski definition) is 5. The highest BCUT2D eigenvalue weighted by atomic mass is 16.3. The van der Waals surface area contributed by atoms with Crippen molar-refractivity contribution in [1.82, 2.24) is 9.80 Å². The summed E-state index contributed by atoms with van der Waals surface area (Å²) in [5.74, 6) is 3.74. The van der Waals surface area contributed by atoms with E-state index < -0.39 is 0 Å². The minimum atomic E-state index is -0.253. The molecule has 4 aliphatic carbocycles. The molecule has 206 valence electrons. The molecule has 1 amide bonds. The number of aliphatic hydroxyl groups excluding tert-OH is 3. The van der Waals surface area contributed by atoms with Crippen molar-refractivity contribution in [3.05, 3.63) is 0 Å². The summed E-state index contributed by atoms with van der Waals surface area (Å²) in [6.45, 7) is 11.4. The van der Waals surface area contributed by atoms with E-state index in [2.05, 4.69) is 25.7 Å². The van der Waals surface area contributed by atoms with Crippen molar-refractivity contribution in [2.75, 3.05) is 39.3 Å². The van der Waals surface area contributed by atoms with Gasteiger partial charge in [-0.1, -0.05) is 20.8 Å². The molecule has 3 N–H and O–H groups in total. The molecule has 1 aliphatic heterocycles. The lowest BCUT2D eigenvalue weighted by atomic mass is 9.43. The minimum absolute atomic E-state index is 0.0308. The van der Waals surface area contributed by atoms with Gasteiger partial charge >= 0.3 is 0 Å². The summed E-state index contributed by atoms with van der Waals surface area (Å²) in [7, 11) is 0. The van der Waals surface area contributed by atoms with E-state index in [-0.39, 0.29) is 35.6 Å². The molecule has 0 aromatic rings. The van der Waals surface area contributed by atoms with Gasteiger partial charge in [-0.25, -0.2) is 0 Å². The van der Waals surface area contributed by atoms with Gasteiger partial charge in [-0.2, -0.15) is 0 Å². The molecule has 5 rings (SSSR count). The fraction of sp³-hybridized carbons (Fsp3) is 0.967. The van der Waals surface area contributed by atoms with Crippen LogP contribution < -0.4 is 0 Å². The van der Waals surface area contributed by atoms with E-state index in [1.165, 1.54) is 25.7 Å². The van der Waals surface area contributed by atoms with Crippen LogP contribution in [0, 0.1) is 46.3 Å². The van der Waals surface area contributed by atoms with E-state index in [4.69, 9.17) is 5.11 Å². The molecule has 0 aromatic heterocycles. The van der Waals surface area contributed by atoms with Crippen LogP contribution in [0.5, 0.6) is 0 Å². The number of β-amino-alcohol motifs (C(OH)–C–C–N with tert-alkyl or cyclic N) is 1. The number of hydrogen-bond donors (Lipinski definition) is 3. The second-order valence-electron chi connectivity index (χ2n) is 13.8. The largest absolute Gasteiger partial charge is 0.395 e. The lowest BCUT2D eigenvalue weighted by Crippen LogP contribution is -2.58. The fourth-order valence-electron chi connectivity index (χ4n) is 10.2. The maximum Gasteiger partial charge on any atom is 0.222 e. The molecule has 1 saturated heterocycles. The molecule has 5 fully saturated rings. The van der Waals surface area contributed by atoms with E-state index >= 15 is 0 Å². The number of rotatable bonds is 6. The van der Waals surface area contributed by atoms with Crippen LogP contribution in [-0.4, -0.2) is 82.6 Å². The summed E-state index contributed by atoms with van der Waals surface area (Å²) in [6.07, 6.45) is 10.0. The maximum absolute atomic E-state index is 13.0. The zero-order valence-electron chi connectivity index (χ0n) is 23.1. The van der Waals surface area contributed by atoms with Gasteiger partial charge in [0, 0.05) is 39.1 Å². The average molecular weight is 505 g/mol. The van der Waals surface area contributed by atoms with Crippen molar-refractivity contribution in [1.29, 1.82) is 0 Å². The summed E-state index contributed by atoms with van der Waals surface area (Å²) in [4.78, 5) is 17.2. The molecule has 4 saturated carbocycles. The molecular formula is C30H52N2O4. The molecule has 0 aromatic carbocycles. The first kappa shape index (κ1) is 26.9. The SMILES string of the molecule is C[C@H](CCC(=O)N1CCN(CCO)CC1)[C@H]1CCC2C3CCC4C[C@H](O)CC[C@]4(C)C3C[C@H](O)[C@@]21C. The van der Waals surface area contributed by atoms with Crippen LogP contribution in [0.3, 0.4) is 0 Å². The highest BCUT2D eigenvalue weighted by Gasteiger charge is 2.63. The van der Waals surface area contributed by atoms with E-state index in [0.717, 1.165) is 58.3 Å². The van der Waals surface area contributed by atoms with Crippen molar-refractivity contribution in [2.45, 2.75) is 97.2 Å². The predicted octanol–water partition coefficient (Wildman–Crippen LogP) is 3.53. The number of nitrogens with zero attached hydrogens (tertiary/aromatic N) is 2. The molecule has 0 bridgehead atoms. The van der Waals surface area contributed by atoms with Crippen molar-refractivity contribution in [2.24, 2.45) is 46.3 Å². The van der Waals surface area contributed by atoms with Crippen LogP contribution in [0.4, 0.5) is 0 Å². The van der Waals surface area contributed by atoms with Crippen LogP contribution in [0.25, 0.3) is 0 Å². The van der Waals surface area contributed by atoms with Gasteiger partial charge in [0.2, 0.25) is 5.91 Å². The van der Waals surface area contributed by atoms with Crippen LogP contribution in [-0.2, 0) is 4.79 Å². The quantitative estimate of drug-likeness (QED) is 0.515. The van der Waals surface area contributed by atoms with E-state index in [0.29, 0.717) is 48.5 Å². The highest BCUT2D eigenvalue weighted by molar-refractivity contribution is 5.76. The van der Waals surface area contributed by atoms with Gasteiger partial charge in [0.25, 0.3) is 0 Å². The second kappa shape index (κ2) is 10.5. The number of amides is 1. The normalized spacial score (nSPS) is 46.1. The van der Waals surface area contributed by atoms with Gasteiger partial charge in [-0.05, 0) is 104 Å². The first-order chi connectivity index (χ1) is 17.2. The Balaban J connectivity index is 1.21. The Hall–Kier alpha value is -0.690. The summed E-state index contributed by atoms with van der Waals surface area (Å²) in [5.41, 5.74) is 0.249. The number of fused-ring (bicyclic) bond motifs is 5. The first-order valence-corrected chi connectivity index (χ1v) is 15.2. The van der Waals surface area contributed by atoms with Gasteiger partial charge < -0.3 is 20.2 Å². The van der Waals surface area contributed by atoms with Crippen LogP contribution in [0.1, 0.15) is 85.0 Å². The van der Waals surface area contributed by atoms with Crippen molar-refractivity contribution in [3.63, 3.8) is 0 Å². The van der Waals surface area contributed by atoms with Crippen molar-refractivity contribution < 1.29 is 20.1 Å². The monoisotopic (exact) mass is 504 g/mol. The zero-order chi connectivity index (χ0) is 25.7. The Bertz CT molecular complexity index is 785. The number of carbonyl (C=O) groups is 1. The standard InChI is InChI=1S/C30H52N2O4/c1-20(4-9-28(36)32-14-12-31(13-15-32)16-17-33)24-7-8-25-23-6-5-21-18-22(34)10-11-29(21,2)26(23)19-27(35)30(24,25)3/h20-27,33-35H,4-19H2,1-3H3/t20-,21?,22-,23?,24-,25?,26?,27+,29+,30-/m1/s1. The van der Waals surface area contributed by atoms with E-state index in [9.17, 15) is 15.0 Å². The number of aliphatic hydroxyl groups is 3. The highest BCUT2D eigenvalue weighted by Crippen LogP contribution is 2.68. The number of piperazine rings is 1. The third kappa shape index (κ3) is 4.56. The molecule has 1 heterocycles. The van der Waals surface area contributed by atoms with E-state index in [1.807, 2.05) is 4.90 Å². The molecule has 4 unspecified atom stereocenters. The second-order valence-corrected chi connectivity index (χ2v) is 13.8. The molecule has 10 atom stereocenters. The third-order valence-corrected chi connectivity index (χ3v) is 12.5. The summed E-state index contributed by atoms with van der Waals surface area (Å²) in [5, 5.41) is 31.2. The smallest absolute Gasteiger partial charge is 0.222 e. The predicted molar refractivity (Wildman–Crippen MR) is 141 cm³/mol. The lowest BCUT2D eigenvalue weighted by Gasteiger charge is -2.62. The maximum atomic E-state index is 13.0. The molecular weight excluding hydrogens is 452 g/mol. The lowest BCUT2D eigenvalue weighted by molar-refractivity contribution is -0.175. The van der Waals surface area contributed by atoms with Gasteiger partial charge in [0.15, 0.2) is 0 Å². The molecule has 5 aliphatic rings. The van der Waals surface area contributed by atoms with Crippen molar-refractivity contribution >= 4 is 5.91 Å². The fourth-order valence-corrected chi connectivity index (χ4v) is 10.2. The van der Waals surface area contributed by atoms with Gasteiger partial charge in [-0.15, -0.1) is 0 Å². The molecule has 0 spiro atoms. The summed E-state index contributed by atoms with van der Waals surface area (Å²) < 4.78 is 0. The van der Waals surface area contributed by atoms with Gasteiger partial charge in [-0.3, -0.25) is 9.69 Å². The third-order valence-electron chi connectivity index (χ3n) is 12.5. The Morgan fingerprint density at radius 1 is 0.972 bits per heavy atom. The van der Waals surface area contributed by atoms with Crippen LogP contribution >= 0.6 is 0 Å². The van der Waals surface area contributed by atoms with E-state index in [1.54, 1.807) is 0 Å². The van der Waals surface area contributed by atoms with Gasteiger partial charge in [0.1, 0.15) is 0 Å². The molecule has 36 heavy (non-hydrogen) atoms. The molecule has 0 radical (unpaired) electrons.